The summed E-state index contributed by atoms with van der Waals surface area (Å²) in [6, 6.07) is 14.2. The van der Waals surface area contributed by atoms with Gasteiger partial charge in [-0.3, -0.25) is 0 Å². The lowest BCUT2D eigenvalue weighted by Crippen LogP contribution is -2.08. The number of rotatable bonds is 4. The molecule has 0 radical (unpaired) electrons. The van der Waals surface area contributed by atoms with Crippen LogP contribution < -0.4 is 10.2 Å². The van der Waals surface area contributed by atoms with Crippen molar-refractivity contribution < 1.29 is 4.39 Å². The monoisotopic (exact) mass is 269 g/mol. The van der Waals surface area contributed by atoms with E-state index >= 15 is 0 Å². The van der Waals surface area contributed by atoms with Gasteiger partial charge in [0.1, 0.15) is 5.82 Å². The van der Waals surface area contributed by atoms with E-state index in [0.717, 1.165) is 11.4 Å². The van der Waals surface area contributed by atoms with Crippen LogP contribution in [0.15, 0.2) is 42.5 Å². The van der Waals surface area contributed by atoms with Crippen molar-refractivity contribution in [2.24, 2.45) is 0 Å². The molecular weight excluding hydrogens is 253 g/mol. The molecule has 0 aliphatic rings. The van der Waals surface area contributed by atoms with Crippen LogP contribution in [0.3, 0.4) is 0 Å². The third kappa shape index (κ3) is 3.27. The molecule has 1 N–H and O–H groups in total. The Morgan fingerprint density at radius 1 is 1.15 bits per heavy atom. The molecule has 2 aromatic rings. The SMILES string of the molecule is CN(C)c1ccc(NCc2cc(F)ccc2C#N)cc1. The van der Waals surface area contributed by atoms with Crippen LogP contribution in [-0.4, -0.2) is 14.1 Å². The van der Waals surface area contributed by atoms with E-state index in [1.54, 1.807) is 0 Å². The van der Waals surface area contributed by atoms with Crippen molar-refractivity contribution in [3.05, 3.63) is 59.4 Å². The van der Waals surface area contributed by atoms with Gasteiger partial charge in [-0.05, 0) is 48.0 Å². The highest BCUT2D eigenvalue weighted by atomic mass is 19.1. The molecule has 0 spiro atoms. The Bertz CT molecular complexity index is 627. The van der Waals surface area contributed by atoms with Gasteiger partial charge in [0.05, 0.1) is 11.6 Å². The lowest BCUT2D eigenvalue weighted by atomic mass is 10.1. The summed E-state index contributed by atoms with van der Waals surface area (Å²) < 4.78 is 13.2. The van der Waals surface area contributed by atoms with Crippen molar-refractivity contribution in [1.29, 1.82) is 5.26 Å². The van der Waals surface area contributed by atoms with Crippen LogP contribution in [0.25, 0.3) is 0 Å². The first kappa shape index (κ1) is 13.9. The quantitative estimate of drug-likeness (QED) is 0.924. The number of hydrogen-bond donors (Lipinski definition) is 1. The van der Waals surface area contributed by atoms with Crippen LogP contribution in [0.4, 0.5) is 15.8 Å². The number of benzene rings is 2. The average Bonchev–Trinajstić information content (AvgIpc) is 2.45. The molecule has 0 saturated carbocycles. The Labute approximate surface area is 118 Å². The Morgan fingerprint density at radius 2 is 1.85 bits per heavy atom. The fraction of sp³-hybridized carbons (Fsp3) is 0.188. The number of nitrogens with zero attached hydrogens (tertiary/aromatic N) is 2. The summed E-state index contributed by atoms with van der Waals surface area (Å²) in [6.07, 6.45) is 0. The third-order valence-electron chi connectivity index (χ3n) is 3.05. The number of halogens is 1. The summed E-state index contributed by atoms with van der Waals surface area (Å²) in [6.45, 7) is 0.419. The molecular formula is C16H16FN3. The summed E-state index contributed by atoms with van der Waals surface area (Å²) in [5.41, 5.74) is 3.19. The zero-order chi connectivity index (χ0) is 14.5. The summed E-state index contributed by atoms with van der Waals surface area (Å²) in [4.78, 5) is 2.02. The minimum absolute atomic E-state index is 0.330. The minimum Gasteiger partial charge on any atom is -0.381 e. The maximum atomic E-state index is 13.2. The van der Waals surface area contributed by atoms with Gasteiger partial charge in [-0.15, -0.1) is 0 Å². The van der Waals surface area contributed by atoms with Crippen molar-refractivity contribution in [3.8, 4) is 6.07 Å². The predicted molar refractivity (Wildman–Crippen MR) is 79.2 cm³/mol. The Hall–Kier alpha value is -2.54. The van der Waals surface area contributed by atoms with E-state index in [-0.39, 0.29) is 5.82 Å². The number of nitrogens with one attached hydrogen (secondary N) is 1. The summed E-state index contributed by atoms with van der Waals surface area (Å²) in [5, 5.41) is 12.2. The van der Waals surface area contributed by atoms with E-state index in [4.69, 9.17) is 5.26 Å². The Kier molecular flexibility index (Phi) is 4.21. The van der Waals surface area contributed by atoms with Crippen LogP contribution in [0.1, 0.15) is 11.1 Å². The van der Waals surface area contributed by atoms with Crippen molar-refractivity contribution in [2.75, 3.05) is 24.3 Å². The van der Waals surface area contributed by atoms with Crippen LogP contribution >= 0.6 is 0 Å². The highest BCUT2D eigenvalue weighted by molar-refractivity contribution is 5.54. The normalized spacial score (nSPS) is 9.90. The maximum absolute atomic E-state index is 13.2. The summed E-state index contributed by atoms with van der Waals surface area (Å²) >= 11 is 0. The molecule has 0 aliphatic carbocycles. The predicted octanol–water partition coefficient (Wildman–Crippen LogP) is 3.38. The van der Waals surface area contributed by atoms with Gasteiger partial charge in [0, 0.05) is 32.0 Å². The number of anilines is 2. The third-order valence-corrected chi connectivity index (χ3v) is 3.05. The fourth-order valence-corrected chi connectivity index (χ4v) is 1.89. The topological polar surface area (TPSA) is 39.1 Å². The molecule has 102 valence electrons. The second-order valence-corrected chi connectivity index (χ2v) is 4.71. The lowest BCUT2D eigenvalue weighted by molar-refractivity contribution is 0.625. The van der Waals surface area contributed by atoms with Gasteiger partial charge in [-0.25, -0.2) is 4.39 Å². The molecule has 0 fully saturated rings. The molecule has 3 nitrogen and oxygen atoms in total. The zero-order valence-electron chi connectivity index (χ0n) is 11.5. The van der Waals surface area contributed by atoms with Gasteiger partial charge < -0.3 is 10.2 Å². The smallest absolute Gasteiger partial charge is 0.123 e. The van der Waals surface area contributed by atoms with Crippen molar-refractivity contribution in [3.63, 3.8) is 0 Å². The van der Waals surface area contributed by atoms with E-state index in [1.165, 1.54) is 18.2 Å². The largest absolute Gasteiger partial charge is 0.381 e. The molecule has 0 heterocycles. The summed E-state index contributed by atoms with van der Waals surface area (Å²) in [7, 11) is 3.96. The molecule has 0 amide bonds. The average molecular weight is 269 g/mol. The van der Waals surface area contributed by atoms with E-state index < -0.39 is 0 Å². The van der Waals surface area contributed by atoms with Crippen molar-refractivity contribution in [1.82, 2.24) is 0 Å². The molecule has 0 aliphatic heterocycles. The van der Waals surface area contributed by atoms with Gasteiger partial charge in [-0.1, -0.05) is 0 Å². The molecule has 0 unspecified atom stereocenters. The lowest BCUT2D eigenvalue weighted by Gasteiger charge is -2.13. The van der Waals surface area contributed by atoms with Gasteiger partial charge >= 0.3 is 0 Å². The second-order valence-electron chi connectivity index (χ2n) is 4.71. The molecule has 0 saturated heterocycles. The fourth-order valence-electron chi connectivity index (χ4n) is 1.89. The highest BCUT2D eigenvalue weighted by Gasteiger charge is 2.04. The Balaban J connectivity index is 2.09. The number of hydrogen-bond acceptors (Lipinski definition) is 3. The minimum atomic E-state index is -0.330. The molecule has 20 heavy (non-hydrogen) atoms. The summed E-state index contributed by atoms with van der Waals surface area (Å²) in [5.74, 6) is -0.330. The van der Waals surface area contributed by atoms with Gasteiger partial charge in [0.15, 0.2) is 0 Å². The van der Waals surface area contributed by atoms with E-state index in [0.29, 0.717) is 17.7 Å². The van der Waals surface area contributed by atoms with Gasteiger partial charge in [-0.2, -0.15) is 5.26 Å². The molecule has 2 rings (SSSR count). The molecule has 0 bridgehead atoms. The first-order chi connectivity index (χ1) is 9.60. The Morgan fingerprint density at radius 3 is 2.45 bits per heavy atom. The van der Waals surface area contributed by atoms with Crippen LogP contribution in [0, 0.1) is 17.1 Å². The van der Waals surface area contributed by atoms with Crippen LogP contribution in [0.2, 0.25) is 0 Å². The molecule has 0 atom stereocenters. The van der Waals surface area contributed by atoms with Gasteiger partial charge in [0.25, 0.3) is 0 Å². The van der Waals surface area contributed by atoms with E-state index in [2.05, 4.69) is 11.4 Å². The van der Waals surface area contributed by atoms with E-state index in [9.17, 15) is 4.39 Å². The zero-order valence-corrected chi connectivity index (χ0v) is 11.5. The standard InChI is InChI=1S/C16H16FN3/c1-20(2)16-7-5-15(6-8-16)19-11-13-9-14(17)4-3-12(13)10-18/h3-9,19H,11H2,1-2H3. The van der Waals surface area contributed by atoms with Crippen molar-refractivity contribution in [2.45, 2.75) is 6.54 Å². The van der Waals surface area contributed by atoms with Crippen LogP contribution in [-0.2, 0) is 6.54 Å². The second kappa shape index (κ2) is 6.07. The number of nitriles is 1. The first-order valence-electron chi connectivity index (χ1n) is 6.30. The molecule has 2 aromatic carbocycles. The van der Waals surface area contributed by atoms with E-state index in [1.807, 2.05) is 43.3 Å². The van der Waals surface area contributed by atoms with Gasteiger partial charge in [0.2, 0.25) is 0 Å². The highest BCUT2D eigenvalue weighted by Crippen LogP contribution is 2.17. The molecule has 4 heteroatoms. The van der Waals surface area contributed by atoms with Crippen LogP contribution in [0.5, 0.6) is 0 Å². The first-order valence-corrected chi connectivity index (χ1v) is 6.30. The maximum Gasteiger partial charge on any atom is 0.123 e. The molecule has 0 aromatic heterocycles. The van der Waals surface area contributed by atoms with Crippen molar-refractivity contribution >= 4 is 11.4 Å².